The van der Waals surface area contributed by atoms with Gasteiger partial charge < -0.3 is 4.42 Å². The molecule has 0 bridgehead atoms. The van der Waals surface area contributed by atoms with Crippen molar-refractivity contribution in [2.24, 2.45) is 0 Å². The van der Waals surface area contributed by atoms with E-state index < -0.39 is 0 Å². The first-order valence-electron chi connectivity index (χ1n) is 8.36. The maximum absolute atomic E-state index is 13.5. The van der Waals surface area contributed by atoms with E-state index in [1.165, 1.54) is 23.5 Å². The number of furan rings is 1. The number of thiazole rings is 1. The van der Waals surface area contributed by atoms with Gasteiger partial charge in [0.05, 0.1) is 28.0 Å². The Balaban J connectivity index is 1.79. The molecule has 1 aromatic carbocycles. The minimum atomic E-state index is -0.332. The van der Waals surface area contributed by atoms with E-state index in [1.54, 1.807) is 37.1 Å². The van der Waals surface area contributed by atoms with E-state index in [0.717, 1.165) is 5.69 Å². The van der Waals surface area contributed by atoms with Crippen LogP contribution in [-0.4, -0.2) is 15.9 Å². The van der Waals surface area contributed by atoms with Gasteiger partial charge in [-0.2, -0.15) is 0 Å². The van der Waals surface area contributed by atoms with Crippen LogP contribution in [0.25, 0.3) is 10.2 Å². The first-order chi connectivity index (χ1) is 13.0. The van der Waals surface area contributed by atoms with Gasteiger partial charge in [0.25, 0.3) is 5.91 Å². The number of aromatic nitrogens is 2. The second-order valence-electron chi connectivity index (χ2n) is 6.15. The molecule has 0 radical (unpaired) electrons. The lowest BCUT2D eigenvalue weighted by atomic mass is 10.2. The quantitative estimate of drug-likeness (QED) is 0.505. The maximum Gasteiger partial charge on any atom is 0.263 e. The Morgan fingerprint density at radius 3 is 2.78 bits per heavy atom. The van der Waals surface area contributed by atoms with Crippen LogP contribution in [0.4, 0.5) is 9.52 Å². The molecule has 4 rings (SSSR count). The Kier molecular flexibility index (Phi) is 4.45. The van der Waals surface area contributed by atoms with Crippen molar-refractivity contribution >= 4 is 32.6 Å². The predicted octanol–water partition coefficient (Wildman–Crippen LogP) is 4.89. The molecule has 0 N–H and O–H groups in total. The number of hydrogen-bond donors (Lipinski definition) is 0. The number of carbonyl (C=O) groups excluding carboxylic acids is 1. The number of fused-ring (bicyclic) bond motifs is 1. The van der Waals surface area contributed by atoms with E-state index in [4.69, 9.17) is 4.42 Å². The van der Waals surface area contributed by atoms with Crippen molar-refractivity contribution in [3.8, 4) is 0 Å². The molecule has 0 aliphatic carbocycles. The van der Waals surface area contributed by atoms with Crippen LogP contribution in [0.3, 0.4) is 0 Å². The van der Waals surface area contributed by atoms with Crippen molar-refractivity contribution in [1.29, 1.82) is 0 Å². The number of aryl methyl sites for hydroxylation is 2. The lowest BCUT2D eigenvalue weighted by Gasteiger charge is -2.19. The Hall–Kier alpha value is -3.06. The molecule has 0 aliphatic heterocycles. The zero-order valence-corrected chi connectivity index (χ0v) is 15.6. The monoisotopic (exact) mass is 381 g/mol. The van der Waals surface area contributed by atoms with Gasteiger partial charge in [-0.15, -0.1) is 0 Å². The van der Waals surface area contributed by atoms with Crippen LogP contribution in [0.15, 0.2) is 53.1 Å². The third-order valence-electron chi connectivity index (χ3n) is 4.13. The summed E-state index contributed by atoms with van der Waals surface area (Å²) in [6, 6.07) is 11.7. The smallest absolute Gasteiger partial charge is 0.263 e. The first kappa shape index (κ1) is 17.4. The Bertz CT molecular complexity index is 1120. The molecule has 0 saturated carbocycles. The van der Waals surface area contributed by atoms with Gasteiger partial charge >= 0.3 is 0 Å². The second kappa shape index (κ2) is 6.92. The molecule has 0 atom stereocenters. The SMILES string of the molecule is Cc1cc(C(=O)N(Cc2ccccn2)c2nc3ccc(F)cc3s2)c(C)o1. The molecule has 0 aliphatic rings. The highest BCUT2D eigenvalue weighted by Gasteiger charge is 2.25. The minimum absolute atomic E-state index is 0.227. The molecule has 3 aromatic heterocycles. The van der Waals surface area contributed by atoms with Crippen molar-refractivity contribution in [2.75, 3.05) is 4.90 Å². The Morgan fingerprint density at radius 2 is 2.07 bits per heavy atom. The van der Waals surface area contributed by atoms with Crippen molar-refractivity contribution in [3.63, 3.8) is 0 Å². The topological polar surface area (TPSA) is 59.2 Å². The van der Waals surface area contributed by atoms with Gasteiger partial charge in [0, 0.05) is 6.20 Å². The van der Waals surface area contributed by atoms with Crippen LogP contribution in [0.1, 0.15) is 27.6 Å². The summed E-state index contributed by atoms with van der Waals surface area (Å²) in [6.07, 6.45) is 1.68. The lowest BCUT2D eigenvalue weighted by molar-refractivity contribution is 0.0983. The summed E-state index contributed by atoms with van der Waals surface area (Å²) < 4.78 is 19.7. The van der Waals surface area contributed by atoms with Gasteiger partial charge in [-0.1, -0.05) is 17.4 Å². The van der Waals surface area contributed by atoms with E-state index in [1.807, 2.05) is 18.2 Å². The van der Waals surface area contributed by atoms with E-state index in [0.29, 0.717) is 32.4 Å². The Labute approximate surface area is 159 Å². The van der Waals surface area contributed by atoms with Crippen molar-refractivity contribution in [3.05, 3.63) is 77.3 Å². The standard InChI is InChI=1S/C20H16FN3O2S/c1-12-9-16(13(2)26-12)19(25)24(11-15-5-3-4-8-22-15)20-23-17-7-6-14(21)10-18(17)27-20/h3-10H,11H2,1-2H3. The molecule has 0 unspecified atom stereocenters. The zero-order valence-electron chi connectivity index (χ0n) is 14.8. The molecule has 3 heterocycles. The van der Waals surface area contributed by atoms with Crippen LogP contribution >= 0.6 is 11.3 Å². The maximum atomic E-state index is 13.5. The summed E-state index contributed by atoms with van der Waals surface area (Å²) in [5.74, 6) is 0.659. The molecule has 4 aromatic rings. The second-order valence-corrected chi connectivity index (χ2v) is 7.16. The van der Waals surface area contributed by atoms with Crippen LogP contribution in [0, 0.1) is 19.7 Å². The van der Waals surface area contributed by atoms with Crippen molar-refractivity contribution in [1.82, 2.24) is 9.97 Å². The number of rotatable bonds is 4. The average Bonchev–Trinajstić information content (AvgIpc) is 3.22. The number of benzene rings is 1. The van der Waals surface area contributed by atoms with Gasteiger partial charge in [-0.25, -0.2) is 9.37 Å². The third kappa shape index (κ3) is 3.46. The molecule has 0 spiro atoms. The molecule has 0 fully saturated rings. The molecule has 7 heteroatoms. The molecular formula is C20H16FN3O2S. The van der Waals surface area contributed by atoms with Gasteiger partial charge in [0.1, 0.15) is 17.3 Å². The number of nitrogens with zero attached hydrogens (tertiary/aromatic N) is 3. The molecule has 1 amide bonds. The lowest BCUT2D eigenvalue weighted by Crippen LogP contribution is -2.30. The van der Waals surface area contributed by atoms with Crippen molar-refractivity contribution in [2.45, 2.75) is 20.4 Å². The van der Waals surface area contributed by atoms with Crippen LogP contribution in [0.5, 0.6) is 0 Å². The highest BCUT2D eigenvalue weighted by atomic mass is 32.1. The van der Waals surface area contributed by atoms with E-state index >= 15 is 0 Å². The van der Waals surface area contributed by atoms with Gasteiger partial charge in [0.15, 0.2) is 5.13 Å². The largest absolute Gasteiger partial charge is 0.466 e. The zero-order chi connectivity index (χ0) is 19.0. The summed E-state index contributed by atoms with van der Waals surface area (Å²) >= 11 is 1.27. The summed E-state index contributed by atoms with van der Waals surface area (Å²) in [5, 5.41) is 0.490. The molecule has 5 nitrogen and oxygen atoms in total. The summed E-state index contributed by atoms with van der Waals surface area (Å²) in [7, 11) is 0. The van der Waals surface area contributed by atoms with E-state index in [-0.39, 0.29) is 18.3 Å². The normalized spacial score (nSPS) is 11.1. The fraction of sp³-hybridized carbons (Fsp3) is 0.150. The summed E-state index contributed by atoms with van der Waals surface area (Å²) in [4.78, 5) is 23.7. The first-order valence-corrected chi connectivity index (χ1v) is 9.18. The number of amides is 1. The summed E-state index contributed by atoms with van der Waals surface area (Å²) in [6.45, 7) is 3.81. The Morgan fingerprint density at radius 1 is 1.22 bits per heavy atom. The number of anilines is 1. The third-order valence-corrected chi connectivity index (χ3v) is 5.17. The average molecular weight is 381 g/mol. The number of hydrogen-bond acceptors (Lipinski definition) is 5. The molecule has 136 valence electrons. The van der Waals surface area contributed by atoms with Crippen LogP contribution in [-0.2, 0) is 6.54 Å². The highest BCUT2D eigenvalue weighted by Crippen LogP contribution is 2.31. The molecular weight excluding hydrogens is 365 g/mol. The van der Waals surface area contributed by atoms with Crippen LogP contribution < -0.4 is 4.90 Å². The molecule has 0 saturated heterocycles. The summed E-state index contributed by atoms with van der Waals surface area (Å²) in [5.41, 5.74) is 1.86. The molecule has 27 heavy (non-hydrogen) atoms. The fourth-order valence-corrected chi connectivity index (χ4v) is 3.86. The van der Waals surface area contributed by atoms with Gasteiger partial charge in [-0.05, 0) is 50.2 Å². The number of carbonyl (C=O) groups is 1. The van der Waals surface area contributed by atoms with E-state index in [2.05, 4.69) is 9.97 Å². The van der Waals surface area contributed by atoms with Gasteiger partial charge in [0.2, 0.25) is 0 Å². The van der Waals surface area contributed by atoms with E-state index in [9.17, 15) is 9.18 Å². The van der Waals surface area contributed by atoms with Gasteiger partial charge in [-0.3, -0.25) is 14.7 Å². The minimum Gasteiger partial charge on any atom is -0.466 e. The van der Waals surface area contributed by atoms with Crippen LogP contribution in [0.2, 0.25) is 0 Å². The fourth-order valence-electron chi connectivity index (χ4n) is 2.87. The van der Waals surface area contributed by atoms with Crippen molar-refractivity contribution < 1.29 is 13.6 Å². The number of halogens is 1. The number of pyridine rings is 1. The highest BCUT2D eigenvalue weighted by molar-refractivity contribution is 7.22. The predicted molar refractivity (Wildman–Crippen MR) is 103 cm³/mol.